The van der Waals surface area contributed by atoms with Crippen LogP contribution in [0.3, 0.4) is 0 Å². The maximum atomic E-state index is 12.4. The molecule has 2 heterocycles. The van der Waals surface area contributed by atoms with Crippen molar-refractivity contribution in [2.75, 3.05) is 11.9 Å². The van der Waals surface area contributed by atoms with Gasteiger partial charge in [-0.25, -0.2) is 13.1 Å². The van der Waals surface area contributed by atoms with Crippen LogP contribution in [0.25, 0.3) is 0 Å². The topological polar surface area (TPSA) is 58.2 Å². The number of thiophene rings is 1. The molecule has 0 atom stereocenters. The predicted molar refractivity (Wildman–Crippen MR) is 86.5 cm³/mol. The monoisotopic (exact) mass is 322 g/mol. The summed E-state index contributed by atoms with van der Waals surface area (Å²) >= 11 is 1.63. The SMILES string of the molecule is Cc1cc(CNS(=O)(=O)c2ccc3c(c2)NCC3)sc1C. The standard InChI is InChI=1S/C15H18N2O2S2/c1-10-7-13(20-11(10)2)9-17-21(18,19)14-4-3-12-5-6-16-15(12)8-14/h3-4,7-8,16-17H,5-6,9H2,1-2H3. The number of aryl methyl sites for hydroxylation is 2. The van der Waals surface area contributed by atoms with E-state index in [2.05, 4.69) is 10.0 Å². The number of hydrogen-bond donors (Lipinski definition) is 2. The number of fused-ring (bicyclic) bond motifs is 1. The second-order valence-electron chi connectivity index (χ2n) is 5.27. The van der Waals surface area contributed by atoms with Crippen LogP contribution in [0, 0.1) is 13.8 Å². The molecule has 0 radical (unpaired) electrons. The molecule has 1 aromatic carbocycles. The molecule has 1 aliphatic heterocycles. The molecule has 0 saturated carbocycles. The van der Waals surface area contributed by atoms with E-state index in [9.17, 15) is 8.42 Å². The third kappa shape index (κ3) is 2.97. The van der Waals surface area contributed by atoms with Gasteiger partial charge in [0.2, 0.25) is 10.0 Å². The molecule has 0 fully saturated rings. The Bertz CT molecular complexity index is 759. The Hall–Kier alpha value is -1.37. The highest BCUT2D eigenvalue weighted by atomic mass is 32.2. The van der Waals surface area contributed by atoms with Gasteiger partial charge in [0.25, 0.3) is 0 Å². The van der Waals surface area contributed by atoms with E-state index in [-0.39, 0.29) is 0 Å². The Kier molecular flexibility index (Phi) is 3.77. The second kappa shape index (κ2) is 5.44. The molecule has 0 bridgehead atoms. The molecular formula is C15H18N2O2S2. The third-order valence-electron chi connectivity index (χ3n) is 3.75. The van der Waals surface area contributed by atoms with Gasteiger partial charge in [-0.1, -0.05) is 6.07 Å². The quantitative estimate of drug-likeness (QED) is 0.910. The van der Waals surface area contributed by atoms with E-state index >= 15 is 0 Å². The molecule has 2 aromatic rings. The minimum absolute atomic E-state index is 0.320. The zero-order valence-corrected chi connectivity index (χ0v) is 13.7. The lowest BCUT2D eigenvalue weighted by Crippen LogP contribution is -2.22. The average molecular weight is 322 g/mol. The molecule has 1 aliphatic rings. The maximum Gasteiger partial charge on any atom is 0.240 e. The van der Waals surface area contributed by atoms with E-state index in [1.807, 2.05) is 26.0 Å². The molecule has 0 spiro atoms. The van der Waals surface area contributed by atoms with Gasteiger partial charge in [0.05, 0.1) is 4.90 Å². The van der Waals surface area contributed by atoms with E-state index < -0.39 is 10.0 Å². The van der Waals surface area contributed by atoms with Crippen molar-refractivity contribution >= 4 is 27.0 Å². The summed E-state index contributed by atoms with van der Waals surface area (Å²) in [6, 6.07) is 7.32. The van der Waals surface area contributed by atoms with E-state index in [4.69, 9.17) is 0 Å². The largest absolute Gasteiger partial charge is 0.384 e. The lowest BCUT2D eigenvalue weighted by atomic mass is 10.2. The fourth-order valence-electron chi connectivity index (χ4n) is 2.42. The summed E-state index contributed by atoms with van der Waals surface area (Å²) in [6.45, 7) is 5.30. The summed E-state index contributed by atoms with van der Waals surface area (Å²) < 4.78 is 27.4. The zero-order valence-electron chi connectivity index (χ0n) is 12.1. The van der Waals surface area contributed by atoms with Crippen molar-refractivity contribution in [3.8, 4) is 0 Å². The molecule has 112 valence electrons. The van der Waals surface area contributed by atoms with Crippen molar-refractivity contribution in [1.82, 2.24) is 4.72 Å². The molecule has 0 amide bonds. The van der Waals surface area contributed by atoms with Gasteiger partial charge in [-0.3, -0.25) is 0 Å². The molecule has 0 aliphatic carbocycles. The van der Waals surface area contributed by atoms with Crippen LogP contribution in [0.1, 0.15) is 20.9 Å². The minimum Gasteiger partial charge on any atom is -0.384 e. The van der Waals surface area contributed by atoms with Crippen LogP contribution in [0.2, 0.25) is 0 Å². The van der Waals surface area contributed by atoms with Crippen molar-refractivity contribution in [1.29, 1.82) is 0 Å². The number of sulfonamides is 1. The van der Waals surface area contributed by atoms with E-state index in [1.165, 1.54) is 16.0 Å². The molecule has 21 heavy (non-hydrogen) atoms. The molecule has 3 rings (SSSR count). The Morgan fingerprint density at radius 2 is 2.10 bits per heavy atom. The van der Waals surface area contributed by atoms with Gasteiger partial charge in [-0.05, 0) is 49.6 Å². The molecule has 4 nitrogen and oxygen atoms in total. The van der Waals surface area contributed by atoms with E-state index in [0.29, 0.717) is 11.4 Å². The van der Waals surface area contributed by atoms with Gasteiger partial charge < -0.3 is 5.32 Å². The lowest BCUT2D eigenvalue weighted by molar-refractivity contribution is 0.582. The summed E-state index contributed by atoms with van der Waals surface area (Å²) in [4.78, 5) is 2.58. The van der Waals surface area contributed by atoms with Gasteiger partial charge in [0.15, 0.2) is 0 Å². The Balaban J connectivity index is 1.77. The van der Waals surface area contributed by atoms with Crippen LogP contribution in [0.15, 0.2) is 29.2 Å². The number of benzene rings is 1. The van der Waals surface area contributed by atoms with Gasteiger partial charge in [0, 0.05) is 28.5 Å². The number of rotatable bonds is 4. The van der Waals surface area contributed by atoms with Crippen LogP contribution in [0.5, 0.6) is 0 Å². The lowest BCUT2D eigenvalue weighted by Gasteiger charge is -2.07. The Labute approximate surface area is 129 Å². The Morgan fingerprint density at radius 1 is 1.29 bits per heavy atom. The highest BCUT2D eigenvalue weighted by molar-refractivity contribution is 7.89. The molecule has 6 heteroatoms. The van der Waals surface area contributed by atoms with Crippen molar-refractivity contribution < 1.29 is 8.42 Å². The van der Waals surface area contributed by atoms with E-state index in [0.717, 1.165) is 23.5 Å². The van der Waals surface area contributed by atoms with E-state index in [1.54, 1.807) is 23.5 Å². The summed E-state index contributed by atoms with van der Waals surface area (Å²) in [5.41, 5.74) is 3.31. The smallest absolute Gasteiger partial charge is 0.240 e. The fraction of sp³-hybridized carbons (Fsp3) is 0.333. The maximum absolute atomic E-state index is 12.4. The van der Waals surface area contributed by atoms with Crippen molar-refractivity contribution in [2.24, 2.45) is 0 Å². The van der Waals surface area contributed by atoms with Crippen molar-refractivity contribution in [3.63, 3.8) is 0 Å². The highest BCUT2D eigenvalue weighted by Gasteiger charge is 2.18. The number of nitrogens with one attached hydrogen (secondary N) is 2. The van der Waals surface area contributed by atoms with Crippen molar-refractivity contribution in [3.05, 3.63) is 45.1 Å². The summed E-state index contributed by atoms with van der Waals surface area (Å²) in [7, 11) is -3.47. The van der Waals surface area contributed by atoms with Gasteiger partial charge in [-0.15, -0.1) is 11.3 Å². The summed E-state index contributed by atoms with van der Waals surface area (Å²) in [6.07, 6.45) is 0.955. The molecular weight excluding hydrogens is 304 g/mol. The first-order valence-electron chi connectivity index (χ1n) is 6.88. The van der Waals surface area contributed by atoms with Crippen LogP contribution >= 0.6 is 11.3 Å². The van der Waals surface area contributed by atoms with Crippen LogP contribution in [0.4, 0.5) is 5.69 Å². The zero-order chi connectivity index (χ0) is 15.0. The molecule has 1 aromatic heterocycles. The average Bonchev–Trinajstić information content (AvgIpc) is 3.03. The first kappa shape index (κ1) is 14.6. The first-order chi connectivity index (χ1) is 9.95. The normalized spacial score (nSPS) is 14.0. The second-order valence-corrected chi connectivity index (χ2v) is 8.38. The number of anilines is 1. The van der Waals surface area contributed by atoms with Crippen LogP contribution in [-0.4, -0.2) is 15.0 Å². The summed E-state index contributed by atoms with van der Waals surface area (Å²) in [5.74, 6) is 0. The fourth-order valence-corrected chi connectivity index (χ4v) is 4.54. The first-order valence-corrected chi connectivity index (χ1v) is 9.18. The molecule has 0 unspecified atom stereocenters. The summed E-state index contributed by atoms with van der Waals surface area (Å²) in [5, 5.41) is 3.21. The van der Waals surface area contributed by atoms with Crippen molar-refractivity contribution in [2.45, 2.75) is 31.7 Å². The highest BCUT2D eigenvalue weighted by Crippen LogP contribution is 2.26. The molecule has 2 N–H and O–H groups in total. The van der Waals surface area contributed by atoms with Crippen LogP contribution < -0.4 is 10.0 Å². The van der Waals surface area contributed by atoms with Gasteiger partial charge >= 0.3 is 0 Å². The minimum atomic E-state index is -3.47. The van der Waals surface area contributed by atoms with Gasteiger partial charge in [-0.2, -0.15) is 0 Å². The number of hydrogen-bond acceptors (Lipinski definition) is 4. The molecule has 0 saturated heterocycles. The van der Waals surface area contributed by atoms with Gasteiger partial charge in [0.1, 0.15) is 0 Å². The Morgan fingerprint density at radius 3 is 2.81 bits per heavy atom. The predicted octanol–water partition coefficient (Wildman–Crippen LogP) is 2.81. The van der Waals surface area contributed by atoms with Crippen LogP contribution in [-0.2, 0) is 23.0 Å². The third-order valence-corrected chi connectivity index (χ3v) is 6.31.